The standard InChI is InChI=1S/C34H35Cl2N3O5S/c1-3-20-37-34(41)32(22-25-10-6-4-7-11-25)38(23-26-14-19-30(35)31(36)21-26)33(40)24-39(27-15-17-28(44-2)18-16-27)45(42,43)29-12-8-5-9-13-29/h4-19,21,32H,3,20,22-24H2,1-2H3,(H,37,41). The lowest BCUT2D eigenvalue weighted by molar-refractivity contribution is -0.140. The van der Waals surface area contributed by atoms with E-state index in [4.69, 9.17) is 27.9 Å². The molecule has 0 heterocycles. The number of rotatable bonds is 14. The summed E-state index contributed by atoms with van der Waals surface area (Å²) < 4.78 is 34.4. The molecule has 2 amide bonds. The first-order chi connectivity index (χ1) is 21.6. The maximum absolute atomic E-state index is 14.5. The highest BCUT2D eigenvalue weighted by Crippen LogP contribution is 2.28. The van der Waals surface area contributed by atoms with Crippen molar-refractivity contribution in [2.75, 3.05) is 24.5 Å². The first-order valence-corrected chi connectivity index (χ1v) is 16.6. The monoisotopic (exact) mass is 667 g/mol. The summed E-state index contributed by atoms with van der Waals surface area (Å²) in [5.74, 6) is -0.404. The van der Waals surface area contributed by atoms with Crippen LogP contribution in [0, 0.1) is 0 Å². The Hall–Kier alpha value is -4.05. The quantitative estimate of drug-likeness (QED) is 0.169. The zero-order chi connectivity index (χ0) is 32.4. The zero-order valence-corrected chi connectivity index (χ0v) is 27.4. The topological polar surface area (TPSA) is 96.0 Å². The summed E-state index contributed by atoms with van der Waals surface area (Å²) >= 11 is 12.5. The Kier molecular flexibility index (Phi) is 11.9. The van der Waals surface area contributed by atoms with Crippen LogP contribution in [-0.2, 0) is 32.6 Å². The lowest BCUT2D eigenvalue weighted by Crippen LogP contribution is -2.53. The molecule has 0 saturated carbocycles. The number of sulfonamides is 1. The van der Waals surface area contributed by atoms with Crippen LogP contribution in [0.4, 0.5) is 5.69 Å². The summed E-state index contributed by atoms with van der Waals surface area (Å²) in [4.78, 5) is 29.6. The molecule has 4 rings (SSSR count). The van der Waals surface area contributed by atoms with Gasteiger partial charge in [-0.2, -0.15) is 0 Å². The number of anilines is 1. The Bertz CT molecular complexity index is 1690. The lowest BCUT2D eigenvalue weighted by Gasteiger charge is -2.34. The third-order valence-corrected chi connectivity index (χ3v) is 9.65. The first-order valence-electron chi connectivity index (χ1n) is 14.4. The van der Waals surface area contributed by atoms with Gasteiger partial charge < -0.3 is 15.0 Å². The number of nitrogens with zero attached hydrogens (tertiary/aromatic N) is 2. The molecule has 1 unspecified atom stereocenters. The van der Waals surface area contributed by atoms with Gasteiger partial charge in [0.2, 0.25) is 11.8 Å². The second-order valence-electron chi connectivity index (χ2n) is 10.3. The van der Waals surface area contributed by atoms with Crippen molar-refractivity contribution < 1.29 is 22.7 Å². The highest BCUT2D eigenvalue weighted by molar-refractivity contribution is 7.92. The van der Waals surface area contributed by atoms with E-state index in [0.717, 1.165) is 9.87 Å². The molecule has 1 atom stereocenters. The minimum absolute atomic E-state index is 0.0192. The van der Waals surface area contributed by atoms with E-state index in [2.05, 4.69) is 5.32 Å². The number of carbonyl (C=O) groups is 2. The smallest absolute Gasteiger partial charge is 0.264 e. The number of amides is 2. The lowest BCUT2D eigenvalue weighted by atomic mass is 10.0. The molecule has 45 heavy (non-hydrogen) atoms. The summed E-state index contributed by atoms with van der Waals surface area (Å²) in [6.45, 7) is 1.76. The number of hydrogen-bond acceptors (Lipinski definition) is 5. The number of hydrogen-bond donors (Lipinski definition) is 1. The van der Waals surface area contributed by atoms with Crippen LogP contribution in [0.25, 0.3) is 0 Å². The maximum Gasteiger partial charge on any atom is 0.264 e. The summed E-state index contributed by atoms with van der Waals surface area (Å²) in [6, 6.07) is 27.7. The zero-order valence-electron chi connectivity index (χ0n) is 25.0. The van der Waals surface area contributed by atoms with E-state index in [1.807, 2.05) is 37.3 Å². The van der Waals surface area contributed by atoms with E-state index in [-0.39, 0.29) is 29.5 Å². The Morgan fingerprint density at radius 3 is 2.09 bits per heavy atom. The molecule has 0 saturated heterocycles. The van der Waals surface area contributed by atoms with E-state index in [1.54, 1.807) is 60.7 Å². The predicted molar refractivity (Wildman–Crippen MR) is 178 cm³/mol. The average molecular weight is 669 g/mol. The van der Waals surface area contributed by atoms with Crippen LogP contribution in [0.3, 0.4) is 0 Å². The SMILES string of the molecule is CCCNC(=O)C(Cc1ccccc1)N(Cc1ccc(Cl)c(Cl)c1)C(=O)CN(c1ccc(OC)cc1)S(=O)(=O)c1ccccc1. The van der Waals surface area contributed by atoms with Gasteiger partial charge in [0.25, 0.3) is 10.0 Å². The number of nitrogens with one attached hydrogen (secondary N) is 1. The Labute approximate surface area is 274 Å². The largest absolute Gasteiger partial charge is 0.497 e. The van der Waals surface area contributed by atoms with Crippen LogP contribution in [0.15, 0.2) is 108 Å². The number of halogens is 2. The van der Waals surface area contributed by atoms with Crippen molar-refractivity contribution in [2.24, 2.45) is 0 Å². The molecule has 0 aliphatic rings. The van der Waals surface area contributed by atoms with Gasteiger partial charge in [-0.25, -0.2) is 8.42 Å². The van der Waals surface area contributed by atoms with E-state index in [0.29, 0.717) is 34.3 Å². The molecule has 0 aliphatic carbocycles. The molecule has 0 aliphatic heterocycles. The fourth-order valence-electron chi connectivity index (χ4n) is 4.75. The average Bonchev–Trinajstić information content (AvgIpc) is 3.06. The van der Waals surface area contributed by atoms with Crippen LogP contribution in [-0.4, -0.2) is 51.4 Å². The predicted octanol–water partition coefficient (Wildman–Crippen LogP) is 6.36. The van der Waals surface area contributed by atoms with Crippen molar-refractivity contribution in [3.05, 3.63) is 124 Å². The summed E-state index contributed by atoms with van der Waals surface area (Å²) in [5, 5.41) is 3.56. The normalized spacial score (nSPS) is 11.8. The molecular weight excluding hydrogens is 633 g/mol. The molecular formula is C34H35Cl2N3O5S. The fourth-order valence-corrected chi connectivity index (χ4v) is 6.51. The molecule has 0 aromatic heterocycles. The Morgan fingerprint density at radius 1 is 0.844 bits per heavy atom. The number of carbonyl (C=O) groups excluding carboxylic acids is 2. The van der Waals surface area contributed by atoms with E-state index in [1.165, 1.54) is 24.1 Å². The second-order valence-corrected chi connectivity index (χ2v) is 13.0. The molecule has 0 bridgehead atoms. The Morgan fingerprint density at radius 2 is 1.49 bits per heavy atom. The van der Waals surface area contributed by atoms with Gasteiger partial charge in [0, 0.05) is 19.5 Å². The Balaban J connectivity index is 1.80. The number of methoxy groups -OCH3 is 1. The van der Waals surface area contributed by atoms with Crippen molar-refractivity contribution in [2.45, 2.75) is 37.2 Å². The minimum atomic E-state index is -4.20. The van der Waals surface area contributed by atoms with Gasteiger partial charge in [0.1, 0.15) is 18.3 Å². The first kappa shape index (κ1) is 33.8. The second kappa shape index (κ2) is 15.8. The van der Waals surface area contributed by atoms with Crippen molar-refractivity contribution >= 4 is 50.7 Å². The molecule has 11 heteroatoms. The minimum Gasteiger partial charge on any atom is -0.497 e. The van der Waals surface area contributed by atoms with Gasteiger partial charge in [0.15, 0.2) is 0 Å². The molecule has 0 fully saturated rings. The molecule has 8 nitrogen and oxygen atoms in total. The fraction of sp³-hybridized carbons (Fsp3) is 0.235. The summed E-state index contributed by atoms with van der Waals surface area (Å²) in [6.07, 6.45) is 0.905. The third-order valence-electron chi connectivity index (χ3n) is 7.13. The highest BCUT2D eigenvalue weighted by Gasteiger charge is 2.34. The molecule has 4 aromatic carbocycles. The summed E-state index contributed by atoms with van der Waals surface area (Å²) in [5.41, 5.74) is 1.73. The molecule has 0 radical (unpaired) electrons. The van der Waals surface area contributed by atoms with E-state index < -0.39 is 28.5 Å². The molecule has 1 N–H and O–H groups in total. The maximum atomic E-state index is 14.5. The van der Waals surface area contributed by atoms with Crippen molar-refractivity contribution in [1.29, 1.82) is 0 Å². The van der Waals surface area contributed by atoms with Crippen LogP contribution >= 0.6 is 23.2 Å². The van der Waals surface area contributed by atoms with Crippen LogP contribution in [0.1, 0.15) is 24.5 Å². The van der Waals surface area contributed by atoms with Gasteiger partial charge in [-0.1, -0.05) is 84.7 Å². The van der Waals surface area contributed by atoms with Crippen molar-refractivity contribution in [3.63, 3.8) is 0 Å². The highest BCUT2D eigenvalue weighted by atomic mass is 35.5. The van der Waals surface area contributed by atoms with Gasteiger partial charge in [-0.15, -0.1) is 0 Å². The van der Waals surface area contributed by atoms with Gasteiger partial charge in [0.05, 0.1) is 27.7 Å². The number of benzene rings is 4. The van der Waals surface area contributed by atoms with Crippen molar-refractivity contribution in [1.82, 2.24) is 10.2 Å². The van der Waals surface area contributed by atoms with E-state index >= 15 is 0 Å². The van der Waals surface area contributed by atoms with Crippen LogP contribution < -0.4 is 14.4 Å². The molecule has 236 valence electrons. The third kappa shape index (κ3) is 8.78. The van der Waals surface area contributed by atoms with Gasteiger partial charge in [-0.3, -0.25) is 13.9 Å². The molecule has 0 spiro atoms. The molecule has 4 aromatic rings. The number of ether oxygens (including phenoxy) is 1. The van der Waals surface area contributed by atoms with E-state index in [9.17, 15) is 18.0 Å². The van der Waals surface area contributed by atoms with Crippen LogP contribution in [0.5, 0.6) is 5.75 Å². The van der Waals surface area contributed by atoms with Crippen molar-refractivity contribution in [3.8, 4) is 5.75 Å². The van der Waals surface area contributed by atoms with Crippen LogP contribution in [0.2, 0.25) is 10.0 Å². The van der Waals surface area contributed by atoms with Gasteiger partial charge in [-0.05, 0) is 66.1 Å². The van der Waals surface area contributed by atoms with Gasteiger partial charge >= 0.3 is 0 Å². The summed E-state index contributed by atoms with van der Waals surface area (Å²) in [7, 11) is -2.69.